The van der Waals surface area contributed by atoms with Crippen LogP contribution in [0.4, 0.5) is 0 Å². The average molecular weight is 315 g/mol. The van der Waals surface area contributed by atoms with Crippen molar-refractivity contribution in [2.24, 2.45) is 4.40 Å². The zero-order valence-electron chi connectivity index (χ0n) is 13.6. The van der Waals surface area contributed by atoms with E-state index < -0.39 is 10.0 Å². The van der Waals surface area contributed by atoms with Crippen molar-refractivity contribution in [1.29, 1.82) is 0 Å². The maximum absolute atomic E-state index is 12.7. The Balaban J connectivity index is 2.58. The van der Waals surface area contributed by atoms with E-state index in [1.807, 2.05) is 65.0 Å². The molecule has 0 saturated carbocycles. The molecule has 2 aromatic carbocycles. The van der Waals surface area contributed by atoms with Crippen LogP contribution in [0.1, 0.15) is 33.4 Å². The summed E-state index contributed by atoms with van der Waals surface area (Å²) in [4.78, 5) is 0.334. The number of nitrogens with zero attached hydrogens (tertiary/aromatic N) is 1. The van der Waals surface area contributed by atoms with Gasteiger partial charge in [-0.25, -0.2) is 0 Å². The largest absolute Gasteiger partial charge is 0.282 e. The molecule has 3 nitrogen and oxygen atoms in total. The molecule has 0 spiro atoms. The van der Waals surface area contributed by atoms with Crippen molar-refractivity contribution in [3.8, 4) is 0 Å². The summed E-state index contributed by atoms with van der Waals surface area (Å²) in [5.41, 5.74) is 5.49. The van der Waals surface area contributed by atoms with Gasteiger partial charge in [0.25, 0.3) is 10.0 Å². The molecule has 22 heavy (non-hydrogen) atoms. The fourth-order valence-electron chi connectivity index (χ4n) is 2.57. The van der Waals surface area contributed by atoms with Gasteiger partial charge in [-0.15, -0.1) is 0 Å². The fourth-order valence-corrected chi connectivity index (χ4v) is 4.02. The normalized spacial score (nSPS) is 12.0. The molecule has 2 rings (SSSR count). The van der Waals surface area contributed by atoms with E-state index in [1.54, 1.807) is 0 Å². The molecule has 2 aromatic rings. The lowest BCUT2D eigenvalue weighted by molar-refractivity contribution is 0.596. The van der Waals surface area contributed by atoms with Crippen LogP contribution < -0.4 is 0 Å². The van der Waals surface area contributed by atoms with Gasteiger partial charge in [0.15, 0.2) is 0 Å². The second kappa shape index (κ2) is 6.05. The summed E-state index contributed by atoms with van der Waals surface area (Å²) in [7, 11) is -3.71. The van der Waals surface area contributed by atoms with Crippen LogP contribution in [-0.2, 0) is 10.0 Å². The molecule has 0 fully saturated rings. The van der Waals surface area contributed by atoms with E-state index in [0.717, 1.165) is 33.4 Å². The topological polar surface area (TPSA) is 46.5 Å². The van der Waals surface area contributed by atoms with Gasteiger partial charge in [-0.1, -0.05) is 30.3 Å². The first kappa shape index (κ1) is 16.4. The highest BCUT2D eigenvalue weighted by Gasteiger charge is 2.22. The standard InChI is InChI=1S/C18H21NO2S/c1-12-13(2)15(4)18(16(5)14(12)3)22(20,21)19-11-17-9-7-6-8-10-17/h6-11H,1-5H3/b19-11+. The minimum absolute atomic E-state index is 0.334. The molecule has 0 N–H and O–H groups in total. The molecule has 0 radical (unpaired) electrons. The van der Waals surface area contributed by atoms with Gasteiger partial charge in [-0.3, -0.25) is 0 Å². The lowest BCUT2D eigenvalue weighted by atomic mass is 9.95. The van der Waals surface area contributed by atoms with Crippen molar-refractivity contribution in [3.05, 3.63) is 63.7 Å². The summed E-state index contributed by atoms with van der Waals surface area (Å²) in [5.74, 6) is 0. The molecule has 0 aromatic heterocycles. The van der Waals surface area contributed by atoms with Gasteiger partial charge in [0.05, 0.1) is 4.90 Å². The molecule has 4 heteroatoms. The van der Waals surface area contributed by atoms with Crippen molar-refractivity contribution >= 4 is 16.2 Å². The molecular formula is C18H21NO2S. The first-order chi connectivity index (χ1) is 10.3. The molecular weight excluding hydrogens is 294 g/mol. The predicted octanol–water partition coefficient (Wildman–Crippen LogP) is 4.04. The lowest BCUT2D eigenvalue weighted by Gasteiger charge is -2.16. The Kier molecular flexibility index (Phi) is 4.52. The van der Waals surface area contributed by atoms with E-state index in [-0.39, 0.29) is 0 Å². The molecule has 0 bridgehead atoms. The van der Waals surface area contributed by atoms with Crippen LogP contribution in [0.25, 0.3) is 0 Å². The van der Waals surface area contributed by atoms with Crippen molar-refractivity contribution in [2.45, 2.75) is 39.5 Å². The lowest BCUT2D eigenvalue weighted by Crippen LogP contribution is -2.08. The molecule has 116 valence electrons. The highest BCUT2D eigenvalue weighted by molar-refractivity contribution is 7.90. The molecule has 0 saturated heterocycles. The number of hydrogen-bond donors (Lipinski definition) is 0. The van der Waals surface area contributed by atoms with E-state index in [1.165, 1.54) is 6.21 Å². The van der Waals surface area contributed by atoms with Crippen LogP contribution in [0.3, 0.4) is 0 Å². The summed E-state index contributed by atoms with van der Waals surface area (Å²) in [5, 5.41) is 0. The van der Waals surface area contributed by atoms with Gasteiger partial charge in [-0.05, 0) is 68.0 Å². The Morgan fingerprint density at radius 1 is 0.773 bits per heavy atom. The van der Waals surface area contributed by atoms with E-state index in [2.05, 4.69) is 4.40 Å². The van der Waals surface area contributed by atoms with E-state index in [0.29, 0.717) is 4.90 Å². The Labute approximate surface area is 132 Å². The Morgan fingerprint density at radius 2 is 1.23 bits per heavy atom. The average Bonchev–Trinajstić information content (AvgIpc) is 2.50. The number of rotatable bonds is 3. The smallest absolute Gasteiger partial charge is 0.199 e. The number of hydrogen-bond acceptors (Lipinski definition) is 2. The van der Waals surface area contributed by atoms with Crippen molar-refractivity contribution < 1.29 is 8.42 Å². The van der Waals surface area contributed by atoms with Crippen molar-refractivity contribution in [1.82, 2.24) is 0 Å². The molecule has 0 aliphatic carbocycles. The monoisotopic (exact) mass is 315 g/mol. The minimum Gasteiger partial charge on any atom is -0.199 e. The number of benzene rings is 2. The van der Waals surface area contributed by atoms with Crippen LogP contribution in [0, 0.1) is 34.6 Å². The molecule has 0 aliphatic rings. The Morgan fingerprint density at radius 3 is 1.73 bits per heavy atom. The van der Waals surface area contributed by atoms with Crippen molar-refractivity contribution in [2.75, 3.05) is 0 Å². The quantitative estimate of drug-likeness (QED) is 0.803. The van der Waals surface area contributed by atoms with Gasteiger partial charge in [0.1, 0.15) is 0 Å². The highest BCUT2D eigenvalue weighted by atomic mass is 32.2. The highest BCUT2D eigenvalue weighted by Crippen LogP contribution is 2.30. The maximum atomic E-state index is 12.7. The summed E-state index contributed by atoms with van der Waals surface area (Å²) in [6.45, 7) is 9.63. The zero-order valence-corrected chi connectivity index (χ0v) is 14.5. The van der Waals surface area contributed by atoms with Crippen LogP contribution in [0.2, 0.25) is 0 Å². The van der Waals surface area contributed by atoms with Gasteiger partial charge in [0.2, 0.25) is 0 Å². The zero-order chi connectivity index (χ0) is 16.5. The van der Waals surface area contributed by atoms with Gasteiger partial charge in [-0.2, -0.15) is 12.8 Å². The second-order valence-electron chi connectivity index (χ2n) is 5.57. The van der Waals surface area contributed by atoms with E-state index in [4.69, 9.17) is 0 Å². The molecule has 0 aliphatic heterocycles. The third kappa shape index (κ3) is 2.97. The van der Waals surface area contributed by atoms with E-state index in [9.17, 15) is 8.42 Å². The summed E-state index contributed by atoms with van der Waals surface area (Å²) >= 11 is 0. The Bertz CT molecular complexity index is 806. The number of sulfonamides is 1. The first-order valence-electron chi connectivity index (χ1n) is 7.18. The molecule has 0 heterocycles. The SMILES string of the molecule is Cc1c(C)c(C)c(S(=O)(=O)/N=C/c2ccccc2)c(C)c1C. The summed E-state index contributed by atoms with van der Waals surface area (Å²) in [6.07, 6.45) is 1.40. The van der Waals surface area contributed by atoms with Crippen LogP contribution in [0.15, 0.2) is 39.6 Å². The minimum atomic E-state index is -3.71. The second-order valence-corrected chi connectivity index (χ2v) is 7.14. The third-order valence-corrected chi connectivity index (χ3v) is 5.84. The van der Waals surface area contributed by atoms with Crippen molar-refractivity contribution in [3.63, 3.8) is 0 Å². The van der Waals surface area contributed by atoms with Gasteiger partial charge < -0.3 is 0 Å². The van der Waals surface area contributed by atoms with E-state index >= 15 is 0 Å². The van der Waals surface area contributed by atoms with Gasteiger partial charge >= 0.3 is 0 Å². The summed E-state index contributed by atoms with van der Waals surface area (Å²) in [6, 6.07) is 9.23. The Hall–Kier alpha value is -1.94. The van der Waals surface area contributed by atoms with Crippen LogP contribution >= 0.6 is 0 Å². The van der Waals surface area contributed by atoms with Crippen LogP contribution in [-0.4, -0.2) is 14.6 Å². The van der Waals surface area contributed by atoms with Gasteiger partial charge in [0, 0.05) is 6.21 Å². The maximum Gasteiger partial charge on any atom is 0.282 e. The predicted molar refractivity (Wildman–Crippen MR) is 91.3 cm³/mol. The van der Waals surface area contributed by atoms with Crippen LogP contribution in [0.5, 0.6) is 0 Å². The fraction of sp³-hybridized carbons (Fsp3) is 0.278. The third-order valence-electron chi connectivity index (χ3n) is 4.33. The first-order valence-corrected chi connectivity index (χ1v) is 8.62. The molecule has 0 unspecified atom stereocenters. The molecule has 0 atom stereocenters. The molecule has 0 amide bonds. The summed E-state index contributed by atoms with van der Waals surface area (Å²) < 4.78 is 29.2.